The van der Waals surface area contributed by atoms with E-state index in [-0.39, 0.29) is 18.2 Å². The molecule has 3 N–H and O–H groups in total. The topological polar surface area (TPSA) is 134 Å². The van der Waals surface area contributed by atoms with Crippen LogP contribution in [0.4, 0.5) is 23.2 Å². The summed E-state index contributed by atoms with van der Waals surface area (Å²) >= 11 is 0. The van der Waals surface area contributed by atoms with E-state index in [0.29, 0.717) is 12.1 Å². The second-order valence-corrected chi connectivity index (χ2v) is 9.60. The van der Waals surface area contributed by atoms with Gasteiger partial charge in [-0.25, -0.2) is 17.6 Å². The minimum atomic E-state index is -5.05. The molecule has 2 atom stereocenters. The monoisotopic (exact) mass is 520 g/mol. The SMILES string of the molecule is CC1(C)OCC(C(OC(=O)c2cccc(S(=O)(=O)Nc3ccc(F)cc3C(F)(F)F)c2)C(N)=O)O1. The summed E-state index contributed by atoms with van der Waals surface area (Å²) in [6.45, 7) is 3.03. The summed E-state index contributed by atoms with van der Waals surface area (Å²) in [6.07, 6.45) is -7.62. The number of rotatable bonds is 7. The Morgan fingerprint density at radius 2 is 1.89 bits per heavy atom. The van der Waals surface area contributed by atoms with Gasteiger partial charge in [-0.2, -0.15) is 13.2 Å². The molecule has 2 aromatic carbocycles. The molecule has 1 saturated heterocycles. The van der Waals surface area contributed by atoms with Crippen molar-refractivity contribution in [3.8, 4) is 0 Å². The predicted molar refractivity (Wildman–Crippen MR) is 112 cm³/mol. The Hall–Kier alpha value is -3.23. The Bertz CT molecular complexity index is 1250. The molecule has 3 rings (SSSR count). The molecule has 0 saturated carbocycles. The van der Waals surface area contributed by atoms with Crippen LogP contribution >= 0.6 is 0 Å². The lowest BCUT2D eigenvalue weighted by Crippen LogP contribution is -2.44. The third-order valence-electron chi connectivity index (χ3n) is 4.79. The van der Waals surface area contributed by atoms with Crippen LogP contribution in [-0.2, 0) is 35.2 Å². The van der Waals surface area contributed by atoms with Crippen molar-refractivity contribution in [2.45, 2.75) is 42.9 Å². The van der Waals surface area contributed by atoms with Gasteiger partial charge in [0.15, 0.2) is 5.79 Å². The third kappa shape index (κ3) is 6.26. The van der Waals surface area contributed by atoms with E-state index in [2.05, 4.69) is 0 Å². The van der Waals surface area contributed by atoms with Crippen molar-refractivity contribution in [2.75, 3.05) is 11.3 Å². The van der Waals surface area contributed by atoms with Gasteiger partial charge in [0, 0.05) is 0 Å². The summed E-state index contributed by atoms with van der Waals surface area (Å²) in [5.74, 6) is -4.45. The summed E-state index contributed by atoms with van der Waals surface area (Å²) in [5.41, 5.74) is 2.51. The number of amides is 1. The summed E-state index contributed by atoms with van der Waals surface area (Å²) in [6, 6.07) is 5.56. The van der Waals surface area contributed by atoms with Crippen LogP contribution in [0.5, 0.6) is 0 Å². The minimum Gasteiger partial charge on any atom is -0.446 e. The number of nitrogens with one attached hydrogen (secondary N) is 1. The lowest BCUT2D eigenvalue weighted by Gasteiger charge is -2.22. The van der Waals surface area contributed by atoms with Crippen LogP contribution in [0, 0.1) is 5.82 Å². The molecule has 0 spiro atoms. The fraction of sp³-hybridized carbons (Fsp3) is 0.333. The van der Waals surface area contributed by atoms with E-state index in [1.54, 1.807) is 18.6 Å². The van der Waals surface area contributed by atoms with Crippen LogP contribution in [-0.4, -0.2) is 44.9 Å². The molecular weight excluding hydrogens is 500 g/mol. The molecule has 1 amide bonds. The number of sulfonamides is 1. The van der Waals surface area contributed by atoms with Crippen molar-refractivity contribution in [3.05, 3.63) is 59.4 Å². The summed E-state index contributed by atoms with van der Waals surface area (Å²) in [5, 5.41) is 0. The smallest absolute Gasteiger partial charge is 0.418 e. The molecule has 2 aromatic rings. The van der Waals surface area contributed by atoms with Crippen molar-refractivity contribution in [3.63, 3.8) is 0 Å². The standard InChI is InChI=1S/C21H20F4N2O7S/c1-20(2)32-10-16(34-20)17(18(26)28)33-19(29)11-4-3-5-13(8-11)35(30,31)27-15-7-6-12(22)9-14(15)21(23,24)25/h3-9,16-17,27H,10H2,1-2H3,(H2,26,28). The first kappa shape index (κ1) is 26.4. The van der Waals surface area contributed by atoms with Gasteiger partial charge in [0.1, 0.15) is 11.9 Å². The normalized spacial score (nSPS) is 18.6. The first-order valence-electron chi connectivity index (χ1n) is 9.91. The maximum atomic E-state index is 13.3. The number of halogens is 4. The van der Waals surface area contributed by atoms with Crippen LogP contribution in [0.1, 0.15) is 29.8 Å². The Morgan fingerprint density at radius 3 is 2.46 bits per heavy atom. The lowest BCUT2D eigenvalue weighted by molar-refractivity contribution is -0.158. The van der Waals surface area contributed by atoms with E-state index in [0.717, 1.165) is 24.3 Å². The zero-order valence-electron chi connectivity index (χ0n) is 18.3. The second kappa shape index (κ2) is 9.43. The number of hydrogen-bond acceptors (Lipinski definition) is 7. The first-order valence-corrected chi connectivity index (χ1v) is 11.4. The van der Waals surface area contributed by atoms with Gasteiger partial charge in [-0.15, -0.1) is 0 Å². The third-order valence-corrected chi connectivity index (χ3v) is 6.16. The number of hydrogen-bond donors (Lipinski definition) is 2. The Kier molecular flexibility index (Phi) is 7.11. The molecule has 0 bridgehead atoms. The number of primary amides is 1. The van der Waals surface area contributed by atoms with E-state index in [4.69, 9.17) is 19.9 Å². The number of carbonyl (C=O) groups excluding carboxylic acids is 2. The number of ether oxygens (including phenoxy) is 3. The predicted octanol–water partition coefficient (Wildman–Crippen LogP) is 2.81. The maximum Gasteiger partial charge on any atom is 0.418 e. The number of nitrogens with two attached hydrogens (primary N) is 1. The van der Waals surface area contributed by atoms with Gasteiger partial charge in [0.05, 0.1) is 28.3 Å². The van der Waals surface area contributed by atoms with Gasteiger partial charge in [-0.3, -0.25) is 9.52 Å². The van der Waals surface area contributed by atoms with Gasteiger partial charge in [-0.05, 0) is 50.2 Å². The zero-order chi connectivity index (χ0) is 26.2. The van der Waals surface area contributed by atoms with Gasteiger partial charge in [0.25, 0.3) is 15.9 Å². The van der Waals surface area contributed by atoms with E-state index in [9.17, 15) is 35.6 Å². The largest absolute Gasteiger partial charge is 0.446 e. The van der Waals surface area contributed by atoms with E-state index in [1.165, 1.54) is 0 Å². The highest BCUT2D eigenvalue weighted by Gasteiger charge is 2.42. The fourth-order valence-corrected chi connectivity index (χ4v) is 4.32. The van der Waals surface area contributed by atoms with Crippen molar-refractivity contribution in [1.82, 2.24) is 0 Å². The van der Waals surface area contributed by atoms with Gasteiger partial charge < -0.3 is 19.9 Å². The molecule has 1 aliphatic rings. The number of anilines is 1. The van der Waals surface area contributed by atoms with Crippen molar-refractivity contribution >= 4 is 27.6 Å². The summed E-state index contributed by atoms with van der Waals surface area (Å²) in [4.78, 5) is 23.8. The highest BCUT2D eigenvalue weighted by molar-refractivity contribution is 7.92. The molecule has 9 nitrogen and oxygen atoms in total. The molecule has 1 fully saturated rings. The van der Waals surface area contributed by atoms with Crippen LogP contribution in [0.3, 0.4) is 0 Å². The number of alkyl halides is 3. The highest BCUT2D eigenvalue weighted by atomic mass is 32.2. The number of esters is 1. The van der Waals surface area contributed by atoms with Crippen LogP contribution < -0.4 is 10.5 Å². The molecule has 0 aliphatic carbocycles. The first-order chi connectivity index (χ1) is 16.1. The summed E-state index contributed by atoms with van der Waals surface area (Å²) < 4.78 is 96.1. The molecule has 2 unspecified atom stereocenters. The average molecular weight is 520 g/mol. The molecule has 35 heavy (non-hydrogen) atoms. The van der Waals surface area contributed by atoms with Gasteiger partial charge in [0.2, 0.25) is 6.10 Å². The van der Waals surface area contributed by atoms with Crippen molar-refractivity contribution < 1.29 is 49.8 Å². The Balaban J connectivity index is 1.84. The lowest BCUT2D eigenvalue weighted by atomic mass is 10.2. The highest BCUT2D eigenvalue weighted by Crippen LogP contribution is 2.36. The Morgan fingerprint density at radius 1 is 1.20 bits per heavy atom. The van der Waals surface area contributed by atoms with Gasteiger partial charge in [-0.1, -0.05) is 6.07 Å². The van der Waals surface area contributed by atoms with E-state index < -0.39 is 68.0 Å². The molecule has 0 aromatic heterocycles. The van der Waals surface area contributed by atoms with Crippen LogP contribution in [0.25, 0.3) is 0 Å². The Labute approximate surface area is 197 Å². The molecule has 0 radical (unpaired) electrons. The quantitative estimate of drug-likeness (QED) is 0.424. The van der Waals surface area contributed by atoms with Crippen molar-refractivity contribution in [1.29, 1.82) is 0 Å². The minimum absolute atomic E-state index is 0.106. The second-order valence-electron chi connectivity index (χ2n) is 7.92. The van der Waals surface area contributed by atoms with Gasteiger partial charge >= 0.3 is 12.1 Å². The molecule has 1 heterocycles. The number of carbonyl (C=O) groups is 2. The number of benzene rings is 2. The van der Waals surface area contributed by atoms with Crippen LogP contribution in [0.15, 0.2) is 47.4 Å². The van der Waals surface area contributed by atoms with Crippen molar-refractivity contribution in [2.24, 2.45) is 5.73 Å². The fourth-order valence-electron chi connectivity index (χ4n) is 3.20. The molecule has 190 valence electrons. The molecule has 1 aliphatic heterocycles. The maximum absolute atomic E-state index is 13.3. The van der Waals surface area contributed by atoms with E-state index >= 15 is 0 Å². The van der Waals surface area contributed by atoms with Crippen LogP contribution in [0.2, 0.25) is 0 Å². The molecule has 14 heteroatoms. The van der Waals surface area contributed by atoms with E-state index in [1.807, 2.05) is 0 Å². The molecular formula is C21H20F4N2O7S. The summed E-state index contributed by atoms with van der Waals surface area (Å²) in [7, 11) is -4.66. The average Bonchev–Trinajstić information content (AvgIpc) is 3.11. The zero-order valence-corrected chi connectivity index (χ0v) is 19.1.